The molecule has 28 heavy (non-hydrogen) atoms. The number of fused-ring (bicyclic) bond motifs is 2. The molecule has 1 aliphatic rings. The summed E-state index contributed by atoms with van der Waals surface area (Å²) in [5.74, 6) is 0. The first-order valence-corrected chi connectivity index (χ1v) is 10.4. The summed E-state index contributed by atoms with van der Waals surface area (Å²) in [6.07, 6.45) is 0. The highest BCUT2D eigenvalue weighted by atomic mass is 127. The van der Waals surface area contributed by atoms with Gasteiger partial charge in [-0.1, -0.05) is 84.4 Å². The maximum atomic E-state index is 6.98. The number of nitrogens with zero attached hydrogens (tertiary/aromatic N) is 2. The van der Waals surface area contributed by atoms with Crippen LogP contribution in [0.4, 0.5) is 0 Å². The van der Waals surface area contributed by atoms with Gasteiger partial charge >= 0.3 is 0 Å². The van der Waals surface area contributed by atoms with Crippen LogP contribution in [-0.4, -0.2) is 9.97 Å². The molecule has 0 saturated carbocycles. The lowest BCUT2D eigenvalue weighted by molar-refractivity contribution is 1.24. The Bertz CT molecular complexity index is 1260. The molecule has 0 N–H and O–H groups in total. The van der Waals surface area contributed by atoms with E-state index in [1.807, 2.05) is 72.8 Å². The zero-order valence-corrected chi connectivity index (χ0v) is 17.6. The number of benzene rings is 3. The van der Waals surface area contributed by atoms with Crippen molar-refractivity contribution in [3.05, 3.63) is 107 Å². The third-order valence-corrected chi connectivity index (χ3v) is 6.25. The Balaban J connectivity index is 1.86. The summed E-state index contributed by atoms with van der Waals surface area (Å²) in [5, 5.41) is 0.692. The molecule has 0 fully saturated rings. The van der Waals surface area contributed by atoms with E-state index in [-0.39, 0.29) is 0 Å². The Hall–Kier alpha value is -2.50. The fourth-order valence-corrected chi connectivity index (χ4v) is 4.76. The van der Waals surface area contributed by atoms with Crippen LogP contribution in [0.1, 0.15) is 22.5 Å². The number of rotatable bonds is 2. The molecule has 0 saturated heterocycles. The smallest absolute Gasteiger partial charge is 0.104 e. The van der Waals surface area contributed by atoms with Crippen LogP contribution in [0.2, 0.25) is 0 Å². The Morgan fingerprint density at radius 1 is 0.679 bits per heavy atom. The molecule has 4 aromatic rings. The van der Waals surface area contributed by atoms with Gasteiger partial charge in [0.2, 0.25) is 0 Å². The molecule has 1 aliphatic carbocycles. The summed E-state index contributed by atoms with van der Waals surface area (Å²) in [7, 11) is 0. The average molecular weight is 493 g/mol. The summed E-state index contributed by atoms with van der Waals surface area (Å²) in [6.45, 7) is 0. The summed E-state index contributed by atoms with van der Waals surface area (Å²) in [5.41, 5.74) is 7.60. The van der Waals surface area contributed by atoms with E-state index in [9.17, 15) is 0 Å². The number of allylic oxidation sites excluding steroid dienone is 2. The van der Waals surface area contributed by atoms with Crippen molar-refractivity contribution in [1.29, 1.82) is 0 Å². The average Bonchev–Trinajstić information content (AvgIpc) is 3.04. The lowest BCUT2D eigenvalue weighted by Gasteiger charge is -2.11. The molecule has 0 atom stereocenters. The van der Waals surface area contributed by atoms with E-state index in [2.05, 4.69) is 34.7 Å². The van der Waals surface area contributed by atoms with Crippen LogP contribution in [0.3, 0.4) is 0 Å². The molecule has 4 heteroatoms. The lowest BCUT2D eigenvalue weighted by Crippen LogP contribution is -1.96. The monoisotopic (exact) mass is 492 g/mol. The van der Waals surface area contributed by atoms with Gasteiger partial charge in [-0.25, -0.2) is 9.97 Å². The first-order valence-electron chi connectivity index (χ1n) is 8.92. The summed E-state index contributed by atoms with van der Waals surface area (Å²) >= 11 is 9.35. The summed E-state index contributed by atoms with van der Waals surface area (Å²) < 4.78 is 1.07. The lowest BCUT2D eigenvalue weighted by atomic mass is 9.97. The van der Waals surface area contributed by atoms with E-state index in [0.717, 1.165) is 48.3 Å². The van der Waals surface area contributed by atoms with Crippen molar-refractivity contribution in [2.45, 2.75) is 0 Å². The van der Waals surface area contributed by atoms with Gasteiger partial charge in [-0.3, -0.25) is 0 Å². The second-order valence-corrected chi connectivity index (χ2v) is 7.98. The molecule has 0 amide bonds. The van der Waals surface area contributed by atoms with Crippen LogP contribution in [0, 0.1) is 0 Å². The molecule has 134 valence electrons. The maximum absolute atomic E-state index is 6.98. The van der Waals surface area contributed by atoms with Crippen LogP contribution < -0.4 is 0 Å². The Morgan fingerprint density at radius 2 is 1.21 bits per heavy atom. The van der Waals surface area contributed by atoms with E-state index in [4.69, 9.17) is 21.6 Å². The molecule has 1 heterocycles. The molecular weight excluding hydrogens is 479 g/mol. The van der Waals surface area contributed by atoms with Crippen molar-refractivity contribution in [1.82, 2.24) is 9.97 Å². The van der Waals surface area contributed by atoms with Crippen LogP contribution in [0.15, 0.2) is 84.9 Å². The molecule has 0 radical (unpaired) electrons. The molecule has 5 rings (SSSR count). The third-order valence-electron chi connectivity index (χ3n) is 4.79. The minimum absolute atomic E-state index is 0.692. The van der Waals surface area contributed by atoms with Crippen molar-refractivity contribution in [3.8, 4) is 0 Å². The standard InChI is InChI=1S/C24H14ClIN2/c25-21(16-11-5-2-6-12-16)20-19(15-9-3-1-4-10-15)22(26)24-23(20)27-17-13-7-8-14-18(17)28-24/h1-14H/b21-20-. The van der Waals surface area contributed by atoms with Crippen LogP contribution in [0.5, 0.6) is 0 Å². The molecule has 0 bridgehead atoms. The largest absolute Gasteiger partial charge is 0.244 e. The minimum Gasteiger partial charge on any atom is -0.244 e. The fraction of sp³-hybridized carbons (Fsp3) is 0. The molecule has 0 unspecified atom stereocenters. The second kappa shape index (κ2) is 7.15. The zero-order chi connectivity index (χ0) is 19.1. The minimum atomic E-state index is 0.692. The first kappa shape index (κ1) is 17.6. The summed E-state index contributed by atoms with van der Waals surface area (Å²) in [4.78, 5) is 9.88. The Morgan fingerprint density at radius 3 is 1.86 bits per heavy atom. The highest BCUT2D eigenvalue weighted by Crippen LogP contribution is 2.51. The summed E-state index contributed by atoms with van der Waals surface area (Å²) in [6, 6.07) is 28.3. The normalized spacial score (nSPS) is 15.1. The van der Waals surface area contributed by atoms with E-state index < -0.39 is 0 Å². The zero-order valence-electron chi connectivity index (χ0n) is 14.7. The fourth-order valence-electron chi connectivity index (χ4n) is 3.49. The molecular formula is C24H14ClIN2. The van der Waals surface area contributed by atoms with Gasteiger partial charge in [0.25, 0.3) is 0 Å². The van der Waals surface area contributed by atoms with Gasteiger partial charge < -0.3 is 0 Å². The van der Waals surface area contributed by atoms with Crippen LogP contribution in [0.25, 0.3) is 30.8 Å². The van der Waals surface area contributed by atoms with Crippen molar-refractivity contribution < 1.29 is 0 Å². The quantitative estimate of drug-likeness (QED) is 0.280. The Kier molecular flexibility index (Phi) is 4.49. The van der Waals surface area contributed by atoms with Crippen LogP contribution >= 0.6 is 34.2 Å². The number of hydrogen-bond acceptors (Lipinski definition) is 2. The van der Waals surface area contributed by atoms with E-state index in [0.29, 0.717) is 5.03 Å². The predicted octanol–water partition coefficient (Wildman–Crippen LogP) is 7.05. The highest BCUT2D eigenvalue weighted by molar-refractivity contribution is 14.1. The molecule has 0 aliphatic heterocycles. The number of para-hydroxylation sites is 2. The van der Waals surface area contributed by atoms with Gasteiger partial charge in [0.05, 0.1) is 21.8 Å². The maximum Gasteiger partial charge on any atom is 0.104 e. The number of halogens is 2. The second-order valence-electron chi connectivity index (χ2n) is 6.52. The van der Waals surface area contributed by atoms with Gasteiger partial charge in [-0.05, 0) is 45.9 Å². The van der Waals surface area contributed by atoms with Gasteiger partial charge in [0, 0.05) is 14.7 Å². The van der Waals surface area contributed by atoms with Crippen molar-refractivity contribution in [3.63, 3.8) is 0 Å². The Labute approximate surface area is 181 Å². The topological polar surface area (TPSA) is 25.8 Å². The van der Waals surface area contributed by atoms with Crippen molar-refractivity contribution in [2.24, 2.45) is 0 Å². The number of hydrogen-bond donors (Lipinski definition) is 0. The van der Waals surface area contributed by atoms with Gasteiger partial charge in [-0.2, -0.15) is 0 Å². The van der Waals surface area contributed by atoms with Crippen molar-refractivity contribution >= 4 is 65.0 Å². The van der Waals surface area contributed by atoms with Gasteiger partial charge in [0.15, 0.2) is 0 Å². The van der Waals surface area contributed by atoms with Gasteiger partial charge in [-0.15, -0.1) is 0 Å². The molecule has 1 aromatic heterocycles. The van der Waals surface area contributed by atoms with Crippen molar-refractivity contribution in [2.75, 3.05) is 0 Å². The first-order chi connectivity index (χ1) is 13.7. The SMILES string of the molecule is Cl/C(=C1/C(c2ccccc2)=C(I)c2nc3ccccc3nc21)c1ccccc1. The predicted molar refractivity (Wildman–Crippen MR) is 126 cm³/mol. The van der Waals surface area contributed by atoms with E-state index >= 15 is 0 Å². The molecule has 3 aromatic carbocycles. The third kappa shape index (κ3) is 2.86. The van der Waals surface area contributed by atoms with Crippen LogP contribution in [-0.2, 0) is 0 Å². The van der Waals surface area contributed by atoms with Gasteiger partial charge in [0.1, 0.15) is 5.69 Å². The van der Waals surface area contributed by atoms with E-state index in [1.165, 1.54) is 0 Å². The van der Waals surface area contributed by atoms with E-state index in [1.54, 1.807) is 0 Å². The molecule has 0 spiro atoms. The molecule has 2 nitrogen and oxygen atoms in total. The highest BCUT2D eigenvalue weighted by Gasteiger charge is 2.31. The number of aromatic nitrogens is 2.